The summed E-state index contributed by atoms with van der Waals surface area (Å²) in [5, 5.41) is 18.6. The summed E-state index contributed by atoms with van der Waals surface area (Å²) in [5.41, 5.74) is 2.88. The monoisotopic (exact) mass is 426 g/mol. The standard InChI is InChI=1S/C22H26N4O5/c1-15-4-5-18(23-22(27)31-11-8-25-6-9-30-10-7-25)14-20(15)26(29)21-13-17(3)16(2)12-19(21)24-28/h4-5,12-14H,1,6-11H2,2-3H3,(H,23,27)/b26-20+. The number of carbonyl (C=O) groups is 1. The molecule has 164 valence electrons. The number of nitroso groups, excluding NO2 is 1. The first kappa shape index (κ1) is 22.4. The molecule has 9 heteroatoms. The highest BCUT2D eigenvalue weighted by atomic mass is 16.5. The van der Waals surface area contributed by atoms with Crippen LogP contribution in [0.5, 0.6) is 0 Å². The topological polar surface area (TPSA) is 106 Å². The maximum absolute atomic E-state index is 13.0. The van der Waals surface area contributed by atoms with E-state index < -0.39 is 6.09 Å². The molecule has 3 rings (SSSR count). The molecule has 0 radical (unpaired) electrons. The van der Waals surface area contributed by atoms with Gasteiger partial charge in [-0.2, -0.15) is 4.74 Å². The first-order chi connectivity index (χ1) is 14.9. The fraction of sp³-hybridized carbons (Fsp3) is 0.364. The van der Waals surface area contributed by atoms with Crippen LogP contribution in [0.1, 0.15) is 11.1 Å². The van der Waals surface area contributed by atoms with Crippen molar-refractivity contribution in [1.82, 2.24) is 10.2 Å². The van der Waals surface area contributed by atoms with Crippen molar-refractivity contribution in [3.05, 3.63) is 69.5 Å². The second-order valence-electron chi connectivity index (χ2n) is 7.37. The minimum absolute atomic E-state index is 0.0402. The molecule has 0 bridgehead atoms. The summed E-state index contributed by atoms with van der Waals surface area (Å²) in [6.45, 7) is 11.4. The molecule has 1 saturated heterocycles. The van der Waals surface area contributed by atoms with Crippen LogP contribution < -0.4 is 5.32 Å². The molecular formula is C22H26N4O5. The molecule has 1 aliphatic heterocycles. The Morgan fingerprint density at radius 1 is 1.29 bits per heavy atom. The van der Waals surface area contributed by atoms with E-state index in [9.17, 15) is 14.9 Å². The lowest BCUT2D eigenvalue weighted by molar-refractivity contribution is -0.358. The van der Waals surface area contributed by atoms with E-state index in [2.05, 4.69) is 22.0 Å². The van der Waals surface area contributed by atoms with Crippen molar-refractivity contribution in [3.63, 3.8) is 0 Å². The van der Waals surface area contributed by atoms with E-state index in [0.29, 0.717) is 35.8 Å². The summed E-state index contributed by atoms with van der Waals surface area (Å²) in [4.78, 5) is 25.5. The van der Waals surface area contributed by atoms with Crippen LogP contribution in [-0.2, 0) is 9.47 Å². The molecule has 1 aromatic rings. The number of hydrogen-bond acceptors (Lipinski definition) is 7. The van der Waals surface area contributed by atoms with Gasteiger partial charge in [0.25, 0.3) is 0 Å². The van der Waals surface area contributed by atoms with Crippen LogP contribution in [0.15, 0.2) is 53.4 Å². The van der Waals surface area contributed by atoms with Crippen molar-refractivity contribution >= 4 is 23.2 Å². The number of hydrogen-bond donors (Lipinski definition) is 1. The highest BCUT2D eigenvalue weighted by Gasteiger charge is 2.21. The van der Waals surface area contributed by atoms with Crippen LogP contribution >= 0.6 is 0 Å². The largest absolute Gasteiger partial charge is 0.618 e. The first-order valence-corrected chi connectivity index (χ1v) is 10.0. The summed E-state index contributed by atoms with van der Waals surface area (Å²) in [7, 11) is 0. The summed E-state index contributed by atoms with van der Waals surface area (Å²) in [6, 6.07) is 3.18. The Kier molecular flexibility index (Phi) is 7.32. The van der Waals surface area contributed by atoms with Gasteiger partial charge in [0.05, 0.1) is 18.9 Å². The molecule has 2 aliphatic rings. The molecule has 0 spiro atoms. The van der Waals surface area contributed by atoms with Gasteiger partial charge in [0.15, 0.2) is 5.69 Å². The number of carbonyl (C=O) groups excluding carboxylic acids is 1. The number of ether oxygens (including phenoxy) is 2. The lowest BCUT2D eigenvalue weighted by Gasteiger charge is -2.26. The average Bonchev–Trinajstić information content (AvgIpc) is 2.77. The number of aryl methyl sites for hydroxylation is 2. The molecule has 1 fully saturated rings. The Morgan fingerprint density at radius 2 is 2.00 bits per heavy atom. The van der Waals surface area contributed by atoms with Gasteiger partial charge in [0, 0.05) is 37.3 Å². The second-order valence-corrected chi connectivity index (χ2v) is 7.37. The Morgan fingerprint density at radius 3 is 2.71 bits per heavy atom. The van der Waals surface area contributed by atoms with Crippen LogP contribution in [-0.4, -0.2) is 60.9 Å². The van der Waals surface area contributed by atoms with Gasteiger partial charge in [-0.1, -0.05) is 6.58 Å². The number of allylic oxidation sites excluding steroid dienone is 4. The normalized spacial score (nSPS) is 18.4. The van der Waals surface area contributed by atoms with Gasteiger partial charge in [-0.3, -0.25) is 10.2 Å². The van der Waals surface area contributed by atoms with Crippen molar-refractivity contribution in [2.75, 3.05) is 39.5 Å². The molecule has 1 heterocycles. The van der Waals surface area contributed by atoms with Gasteiger partial charge in [0.1, 0.15) is 6.61 Å². The van der Waals surface area contributed by atoms with Gasteiger partial charge < -0.3 is 14.7 Å². The predicted molar refractivity (Wildman–Crippen MR) is 118 cm³/mol. The first-order valence-electron chi connectivity index (χ1n) is 10.0. The van der Waals surface area contributed by atoms with Gasteiger partial charge in [-0.05, 0) is 48.4 Å². The second kappa shape index (κ2) is 10.1. The molecule has 0 unspecified atom stereocenters. The number of alkyl carbamates (subject to hydrolysis) is 1. The molecular weight excluding hydrogens is 400 g/mol. The van der Waals surface area contributed by atoms with E-state index >= 15 is 0 Å². The summed E-state index contributed by atoms with van der Waals surface area (Å²) in [5.74, 6) is 0. The Balaban J connectivity index is 1.71. The van der Waals surface area contributed by atoms with Crippen LogP contribution in [0.2, 0.25) is 0 Å². The highest BCUT2D eigenvalue weighted by molar-refractivity contribution is 6.09. The number of rotatable bonds is 6. The van der Waals surface area contributed by atoms with E-state index in [4.69, 9.17) is 9.47 Å². The third-order valence-electron chi connectivity index (χ3n) is 5.20. The van der Waals surface area contributed by atoms with E-state index in [0.717, 1.165) is 24.2 Å². The van der Waals surface area contributed by atoms with Gasteiger partial charge in [-0.25, -0.2) is 4.79 Å². The Labute approximate surface area is 180 Å². The number of amides is 1. The van der Waals surface area contributed by atoms with Gasteiger partial charge >= 0.3 is 6.09 Å². The predicted octanol–water partition coefficient (Wildman–Crippen LogP) is 3.35. The summed E-state index contributed by atoms with van der Waals surface area (Å²) < 4.78 is 11.1. The van der Waals surface area contributed by atoms with Crippen molar-refractivity contribution in [3.8, 4) is 0 Å². The van der Waals surface area contributed by atoms with E-state index in [1.807, 2.05) is 13.8 Å². The number of morpholine rings is 1. The maximum atomic E-state index is 13.0. The van der Waals surface area contributed by atoms with E-state index in [1.54, 1.807) is 24.3 Å². The van der Waals surface area contributed by atoms with Crippen molar-refractivity contribution in [2.24, 2.45) is 5.18 Å². The smallest absolute Gasteiger partial charge is 0.411 e. The fourth-order valence-electron chi connectivity index (χ4n) is 3.23. The van der Waals surface area contributed by atoms with Gasteiger partial charge in [0.2, 0.25) is 11.4 Å². The highest BCUT2D eigenvalue weighted by Crippen LogP contribution is 2.31. The van der Waals surface area contributed by atoms with Crippen LogP contribution in [0.25, 0.3) is 0 Å². The Hall–Kier alpha value is -3.30. The van der Waals surface area contributed by atoms with Crippen LogP contribution in [0, 0.1) is 24.0 Å². The fourth-order valence-corrected chi connectivity index (χ4v) is 3.23. The maximum Gasteiger partial charge on any atom is 0.411 e. The third-order valence-corrected chi connectivity index (χ3v) is 5.20. The third kappa shape index (κ3) is 5.65. The minimum Gasteiger partial charge on any atom is -0.618 e. The van der Waals surface area contributed by atoms with Crippen molar-refractivity contribution < 1.29 is 19.0 Å². The molecule has 1 aromatic carbocycles. The van der Waals surface area contributed by atoms with Crippen molar-refractivity contribution in [2.45, 2.75) is 13.8 Å². The number of nitrogens with one attached hydrogen (secondary N) is 1. The number of nitrogens with zero attached hydrogens (tertiary/aromatic N) is 3. The van der Waals surface area contributed by atoms with Gasteiger partial charge in [-0.15, -0.1) is 4.91 Å². The summed E-state index contributed by atoms with van der Waals surface area (Å²) >= 11 is 0. The number of benzene rings is 1. The quantitative estimate of drug-likeness (QED) is 0.324. The zero-order valence-electron chi connectivity index (χ0n) is 17.7. The Bertz CT molecular complexity index is 974. The molecule has 31 heavy (non-hydrogen) atoms. The molecule has 1 N–H and O–H groups in total. The van der Waals surface area contributed by atoms with Crippen LogP contribution in [0.4, 0.5) is 16.2 Å². The SMILES string of the molecule is C=C1C=CC(NC(=O)OCCN2CCOCC2)=C/C1=[N+](\[O-])c1cc(C)c(C)cc1N=O. The van der Waals surface area contributed by atoms with E-state index in [-0.39, 0.29) is 23.7 Å². The zero-order valence-corrected chi connectivity index (χ0v) is 17.7. The van der Waals surface area contributed by atoms with Crippen molar-refractivity contribution in [1.29, 1.82) is 0 Å². The molecule has 1 amide bonds. The molecule has 9 nitrogen and oxygen atoms in total. The van der Waals surface area contributed by atoms with E-state index in [1.165, 1.54) is 6.08 Å². The molecule has 0 saturated carbocycles. The zero-order chi connectivity index (χ0) is 22.4. The summed E-state index contributed by atoms with van der Waals surface area (Å²) in [6.07, 6.45) is 4.11. The average molecular weight is 426 g/mol. The lowest BCUT2D eigenvalue weighted by Crippen LogP contribution is -2.39. The molecule has 0 atom stereocenters. The lowest BCUT2D eigenvalue weighted by atomic mass is 10.0. The minimum atomic E-state index is -0.616. The van der Waals surface area contributed by atoms with Crippen LogP contribution in [0.3, 0.4) is 0 Å². The molecule has 0 aromatic heterocycles. The molecule has 1 aliphatic carbocycles.